The normalized spacial score (nSPS) is 11.1. The number of carbonyl (C=O) groups excluding carboxylic acids is 1. The molecule has 0 atom stereocenters. The average molecular weight is 304 g/mol. The molecule has 1 amide bonds. The van der Waals surface area contributed by atoms with E-state index in [0.29, 0.717) is 16.8 Å². The summed E-state index contributed by atoms with van der Waals surface area (Å²) in [4.78, 5) is 12.2. The summed E-state index contributed by atoms with van der Waals surface area (Å²) >= 11 is 0. The first-order valence-electron chi connectivity index (χ1n) is 6.34. The second-order valence-corrected chi connectivity index (χ2v) is 6.36. The highest BCUT2D eigenvalue weighted by atomic mass is 32.2. The number of amides is 1. The van der Waals surface area contributed by atoms with Crippen molar-refractivity contribution in [3.8, 4) is 0 Å². The van der Waals surface area contributed by atoms with Crippen molar-refractivity contribution in [2.75, 3.05) is 12.4 Å². The van der Waals surface area contributed by atoms with Crippen molar-refractivity contribution >= 4 is 21.6 Å². The second-order valence-electron chi connectivity index (χ2n) is 4.51. The Balaban J connectivity index is 2.31. The van der Waals surface area contributed by atoms with Gasteiger partial charge in [-0.15, -0.1) is 0 Å². The Hall–Kier alpha value is -2.18. The maximum Gasteiger partial charge on any atom is 0.255 e. The van der Waals surface area contributed by atoms with Crippen molar-refractivity contribution in [2.45, 2.75) is 11.8 Å². The first-order valence-corrected chi connectivity index (χ1v) is 7.83. The molecule has 0 saturated carbocycles. The molecule has 0 heterocycles. The number of aryl methyl sites for hydroxylation is 1. The number of nitrogens with one attached hydrogen (secondary N) is 2. The lowest BCUT2D eigenvalue weighted by Gasteiger charge is -2.10. The number of hydrogen-bond donors (Lipinski definition) is 2. The molecule has 0 bridgehead atoms. The molecule has 0 aliphatic heterocycles. The highest BCUT2D eigenvalue weighted by Gasteiger charge is 2.16. The molecule has 0 aliphatic rings. The van der Waals surface area contributed by atoms with Crippen LogP contribution < -0.4 is 10.0 Å². The number of hydrogen-bond acceptors (Lipinski definition) is 3. The second kappa shape index (κ2) is 6.07. The van der Waals surface area contributed by atoms with Gasteiger partial charge >= 0.3 is 0 Å². The van der Waals surface area contributed by atoms with E-state index < -0.39 is 10.0 Å². The van der Waals surface area contributed by atoms with E-state index in [-0.39, 0.29) is 10.8 Å². The molecule has 0 unspecified atom stereocenters. The van der Waals surface area contributed by atoms with Crippen molar-refractivity contribution in [1.29, 1.82) is 0 Å². The monoisotopic (exact) mass is 304 g/mol. The Kier molecular flexibility index (Phi) is 4.40. The van der Waals surface area contributed by atoms with Crippen LogP contribution in [0.2, 0.25) is 0 Å². The third-order valence-corrected chi connectivity index (χ3v) is 4.60. The van der Waals surface area contributed by atoms with E-state index in [1.165, 1.54) is 13.1 Å². The molecule has 0 aromatic heterocycles. The van der Waals surface area contributed by atoms with Gasteiger partial charge < -0.3 is 5.32 Å². The zero-order valence-corrected chi connectivity index (χ0v) is 12.6. The fraction of sp³-hybridized carbons (Fsp3) is 0.133. The van der Waals surface area contributed by atoms with Gasteiger partial charge in [-0.05, 0) is 43.8 Å². The summed E-state index contributed by atoms with van der Waals surface area (Å²) in [6.07, 6.45) is 0. The summed E-state index contributed by atoms with van der Waals surface area (Å²) in [7, 11) is -2.20. The lowest BCUT2D eigenvalue weighted by Crippen LogP contribution is -2.20. The molecule has 0 aliphatic carbocycles. The van der Waals surface area contributed by atoms with E-state index in [2.05, 4.69) is 10.0 Å². The fourth-order valence-electron chi connectivity index (χ4n) is 1.87. The van der Waals surface area contributed by atoms with E-state index in [1.807, 2.05) is 6.07 Å². The van der Waals surface area contributed by atoms with Crippen molar-refractivity contribution < 1.29 is 13.2 Å². The summed E-state index contributed by atoms with van der Waals surface area (Å²) in [6.45, 7) is 1.70. The van der Waals surface area contributed by atoms with E-state index >= 15 is 0 Å². The van der Waals surface area contributed by atoms with Gasteiger partial charge in [-0.25, -0.2) is 13.1 Å². The first-order chi connectivity index (χ1) is 9.94. The van der Waals surface area contributed by atoms with Gasteiger partial charge in [-0.1, -0.05) is 24.3 Å². The molecule has 2 aromatic rings. The molecule has 2 rings (SSSR count). The van der Waals surface area contributed by atoms with Gasteiger partial charge in [-0.3, -0.25) is 4.79 Å². The van der Waals surface area contributed by atoms with Crippen molar-refractivity contribution in [3.05, 3.63) is 59.7 Å². The van der Waals surface area contributed by atoms with Crippen LogP contribution in [0.4, 0.5) is 5.69 Å². The summed E-state index contributed by atoms with van der Waals surface area (Å²) in [6, 6.07) is 13.5. The summed E-state index contributed by atoms with van der Waals surface area (Å²) < 4.78 is 26.1. The Labute approximate surface area is 124 Å². The smallest absolute Gasteiger partial charge is 0.255 e. The Morgan fingerprint density at radius 2 is 1.71 bits per heavy atom. The molecule has 0 spiro atoms. The number of sulfonamides is 1. The van der Waals surface area contributed by atoms with Crippen LogP contribution in [0, 0.1) is 6.92 Å². The highest BCUT2D eigenvalue weighted by Crippen LogP contribution is 2.20. The van der Waals surface area contributed by atoms with Crippen LogP contribution in [0.25, 0.3) is 0 Å². The maximum atomic E-state index is 12.1. The van der Waals surface area contributed by atoms with Crippen LogP contribution >= 0.6 is 0 Å². The van der Waals surface area contributed by atoms with E-state index in [4.69, 9.17) is 0 Å². The van der Waals surface area contributed by atoms with E-state index in [1.54, 1.807) is 43.3 Å². The van der Waals surface area contributed by atoms with Gasteiger partial charge in [0.15, 0.2) is 0 Å². The molecular formula is C15H16N2O3S. The standard InChI is InChI=1S/C15H16N2O3S/c1-11-8-9-13(10-14(11)21(19,20)16-2)17-15(18)12-6-4-3-5-7-12/h3-10,16H,1-2H3,(H,17,18). The Bertz CT molecular complexity index is 756. The minimum absolute atomic E-state index is 0.149. The average Bonchev–Trinajstić information content (AvgIpc) is 2.50. The van der Waals surface area contributed by atoms with Gasteiger partial charge in [0.1, 0.15) is 0 Å². The lowest BCUT2D eigenvalue weighted by atomic mass is 10.2. The number of rotatable bonds is 4. The SMILES string of the molecule is CNS(=O)(=O)c1cc(NC(=O)c2ccccc2)ccc1C. The van der Waals surface area contributed by atoms with Crippen LogP contribution in [-0.2, 0) is 10.0 Å². The topological polar surface area (TPSA) is 75.3 Å². The van der Waals surface area contributed by atoms with Crippen LogP contribution in [0.1, 0.15) is 15.9 Å². The number of carbonyl (C=O) groups is 1. The number of anilines is 1. The van der Waals surface area contributed by atoms with Gasteiger partial charge in [0.05, 0.1) is 4.90 Å². The van der Waals surface area contributed by atoms with Gasteiger partial charge in [0.2, 0.25) is 10.0 Å². The molecule has 110 valence electrons. The quantitative estimate of drug-likeness (QED) is 0.909. The largest absolute Gasteiger partial charge is 0.322 e. The molecule has 6 heteroatoms. The molecule has 2 aromatic carbocycles. The third-order valence-electron chi connectivity index (χ3n) is 3.04. The van der Waals surface area contributed by atoms with Crippen LogP contribution in [-0.4, -0.2) is 21.4 Å². The van der Waals surface area contributed by atoms with Crippen molar-refractivity contribution in [3.63, 3.8) is 0 Å². The van der Waals surface area contributed by atoms with E-state index in [0.717, 1.165) is 0 Å². The molecular weight excluding hydrogens is 288 g/mol. The zero-order chi connectivity index (χ0) is 15.5. The van der Waals surface area contributed by atoms with Gasteiger partial charge in [0, 0.05) is 11.3 Å². The van der Waals surface area contributed by atoms with Gasteiger partial charge in [-0.2, -0.15) is 0 Å². The molecule has 21 heavy (non-hydrogen) atoms. The first kappa shape index (κ1) is 15.2. The van der Waals surface area contributed by atoms with Crippen molar-refractivity contribution in [1.82, 2.24) is 4.72 Å². The molecule has 2 N–H and O–H groups in total. The van der Waals surface area contributed by atoms with Crippen LogP contribution in [0.3, 0.4) is 0 Å². The van der Waals surface area contributed by atoms with Crippen LogP contribution in [0.5, 0.6) is 0 Å². The lowest BCUT2D eigenvalue weighted by molar-refractivity contribution is 0.102. The highest BCUT2D eigenvalue weighted by molar-refractivity contribution is 7.89. The minimum atomic E-state index is -3.55. The molecule has 0 radical (unpaired) electrons. The molecule has 0 saturated heterocycles. The maximum absolute atomic E-state index is 12.1. The zero-order valence-electron chi connectivity index (χ0n) is 11.8. The van der Waals surface area contributed by atoms with Crippen molar-refractivity contribution in [2.24, 2.45) is 0 Å². The minimum Gasteiger partial charge on any atom is -0.322 e. The van der Waals surface area contributed by atoms with E-state index in [9.17, 15) is 13.2 Å². The fourth-order valence-corrected chi connectivity index (χ4v) is 2.86. The van der Waals surface area contributed by atoms with Gasteiger partial charge in [0.25, 0.3) is 5.91 Å². The number of benzene rings is 2. The molecule has 5 nitrogen and oxygen atoms in total. The predicted octanol–water partition coefficient (Wildman–Crippen LogP) is 2.16. The predicted molar refractivity (Wildman–Crippen MR) is 81.8 cm³/mol. The van der Waals surface area contributed by atoms with Crippen LogP contribution in [0.15, 0.2) is 53.4 Å². The summed E-state index contributed by atoms with van der Waals surface area (Å²) in [5, 5.41) is 2.69. The third kappa shape index (κ3) is 3.48. The molecule has 0 fully saturated rings. The summed E-state index contributed by atoms with van der Waals surface area (Å²) in [5.41, 5.74) is 1.56. The Morgan fingerprint density at radius 1 is 1.05 bits per heavy atom. The Morgan fingerprint density at radius 3 is 2.33 bits per heavy atom. The summed E-state index contributed by atoms with van der Waals surface area (Å²) in [5.74, 6) is -0.285.